The zero-order valence-corrected chi connectivity index (χ0v) is 14.4. The summed E-state index contributed by atoms with van der Waals surface area (Å²) in [5.74, 6) is -0.0670. The zero-order valence-electron chi connectivity index (χ0n) is 12.7. The Morgan fingerprint density at radius 3 is 2.70 bits per heavy atom. The molecule has 0 saturated carbocycles. The van der Waals surface area contributed by atoms with Crippen LogP contribution in [0.25, 0.3) is 0 Å². The van der Waals surface area contributed by atoms with Crippen molar-refractivity contribution in [1.29, 1.82) is 0 Å². The predicted molar refractivity (Wildman–Crippen MR) is 93.1 cm³/mol. The Hall–Kier alpha value is -1.93. The maximum atomic E-state index is 12.2. The van der Waals surface area contributed by atoms with Crippen LogP contribution in [0.15, 0.2) is 23.7 Å². The SMILES string of the molecule is Cc1cnc(NC(=O)C2CCN(C(=O)Nc3cccs3)CC2)s1. The molecular weight excluding hydrogens is 332 g/mol. The molecule has 2 N–H and O–H groups in total. The molecule has 23 heavy (non-hydrogen) atoms. The number of likely N-dealkylation sites (tertiary alicyclic amines) is 1. The van der Waals surface area contributed by atoms with Crippen molar-refractivity contribution >= 4 is 44.7 Å². The van der Waals surface area contributed by atoms with Crippen molar-refractivity contribution in [3.63, 3.8) is 0 Å². The summed E-state index contributed by atoms with van der Waals surface area (Å²) in [7, 11) is 0. The minimum Gasteiger partial charge on any atom is -0.324 e. The molecule has 6 nitrogen and oxygen atoms in total. The lowest BCUT2D eigenvalue weighted by Crippen LogP contribution is -2.43. The molecule has 1 aliphatic heterocycles. The first-order valence-corrected chi connectivity index (χ1v) is 9.14. The van der Waals surface area contributed by atoms with E-state index >= 15 is 0 Å². The van der Waals surface area contributed by atoms with Gasteiger partial charge in [-0.25, -0.2) is 9.78 Å². The maximum absolute atomic E-state index is 12.2. The minimum atomic E-state index is -0.0955. The van der Waals surface area contributed by atoms with Gasteiger partial charge in [-0.15, -0.1) is 22.7 Å². The van der Waals surface area contributed by atoms with Crippen molar-refractivity contribution in [2.24, 2.45) is 5.92 Å². The van der Waals surface area contributed by atoms with Gasteiger partial charge in [-0.2, -0.15) is 0 Å². The number of aryl methyl sites for hydroxylation is 1. The second kappa shape index (κ2) is 7.10. The molecule has 0 atom stereocenters. The first-order chi connectivity index (χ1) is 11.1. The molecule has 2 aromatic rings. The number of amides is 3. The monoisotopic (exact) mass is 350 g/mol. The number of nitrogens with zero attached hydrogens (tertiary/aromatic N) is 2. The highest BCUT2D eigenvalue weighted by atomic mass is 32.1. The average molecular weight is 350 g/mol. The molecule has 3 rings (SSSR count). The van der Waals surface area contributed by atoms with Crippen LogP contribution in [0, 0.1) is 12.8 Å². The summed E-state index contributed by atoms with van der Waals surface area (Å²) in [5.41, 5.74) is 0. The van der Waals surface area contributed by atoms with Gasteiger partial charge in [0.2, 0.25) is 5.91 Å². The molecule has 3 amide bonds. The molecular formula is C15H18N4O2S2. The van der Waals surface area contributed by atoms with Gasteiger partial charge in [-0.05, 0) is 37.3 Å². The van der Waals surface area contributed by atoms with Gasteiger partial charge in [-0.1, -0.05) is 0 Å². The van der Waals surface area contributed by atoms with E-state index in [0.29, 0.717) is 31.1 Å². The largest absolute Gasteiger partial charge is 0.324 e. The lowest BCUT2D eigenvalue weighted by molar-refractivity contribution is -0.121. The van der Waals surface area contributed by atoms with Crippen molar-refractivity contribution in [3.05, 3.63) is 28.6 Å². The summed E-state index contributed by atoms with van der Waals surface area (Å²) < 4.78 is 0. The molecule has 0 bridgehead atoms. The van der Waals surface area contributed by atoms with E-state index in [1.807, 2.05) is 24.4 Å². The van der Waals surface area contributed by atoms with Crippen LogP contribution in [0.2, 0.25) is 0 Å². The van der Waals surface area contributed by atoms with Crippen LogP contribution in [-0.2, 0) is 4.79 Å². The molecule has 1 aliphatic rings. The van der Waals surface area contributed by atoms with E-state index in [-0.39, 0.29) is 17.9 Å². The van der Waals surface area contributed by atoms with Gasteiger partial charge in [0.05, 0.1) is 5.00 Å². The smallest absolute Gasteiger partial charge is 0.322 e. The summed E-state index contributed by atoms with van der Waals surface area (Å²) >= 11 is 2.97. The van der Waals surface area contributed by atoms with Crippen LogP contribution in [-0.4, -0.2) is 34.9 Å². The fourth-order valence-electron chi connectivity index (χ4n) is 2.50. The number of thiazole rings is 1. The van der Waals surface area contributed by atoms with Crippen LogP contribution in [0.1, 0.15) is 17.7 Å². The highest BCUT2D eigenvalue weighted by molar-refractivity contribution is 7.15. The van der Waals surface area contributed by atoms with Crippen molar-refractivity contribution in [2.45, 2.75) is 19.8 Å². The summed E-state index contributed by atoms with van der Waals surface area (Å²) in [6.07, 6.45) is 3.10. The van der Waals surface area contributed by atoms with Crippen LogP contribution < -0.4 is 10.6 Å². The first kappa shape index (κ1) is 15.9. The minimum absolute atomic E-state index is 0.00216. The van der Waals surface area contributed by atoms with Gasteiger partial charge in [0.25, 0.3) is 0 Å². The molecule has 0 radical (unpaired) electrons. The zero-order chi connectivity index (χ0) is 16.2. The quantitative estimate of drug-likeness (QED) is 0.891. The van der Waals surface area contributed by atoms with Crippen molar-refractivity contribution < 1.29 is 9.59 Å². The number of hydrogen-bond donors (Lipinski definition) is 2. The van der Waals surface area contributed by atoms with Crippen molar-refractivity contribution in [1.82, 2.24) is 9.88 Å². The molecule has 1 fully saturated rings. The first-order valence-electron chi connectivity index (χ1n) is 7.44. The van der Waals surface area contributed by atoms with Crippen LogP contribution >= 0.6 is 22.7 Å². The number of rotatable bonds is 3. The molecule has 122 valence electrons. The van der Waals surface area contributed by atoms with Crippen LogP contribution in [0.4, 0.5) is 14.9 Å². The highest BCUT2D eigenvalue weighted by Crippen LogP contribution is 2.23. The fraction of sp³-hybridized carbons (Fsp3) is 0.400. The van der Waals surface area contributed by atoms with Gasteiger partial charge in [0.1, 0.15) is 0 Å². The molecule has 0 spiro atoms. The Morgan fingerprint density at radius 1 is 1.30 bits per heavy atom. The summed E-state index contributed by atoms with van der Waals surface area (Å²) in [6.45, 7) is 3.14. The third-order valence-corrected chi connectivity index (χ3v) is 5.37. The van der Waals surface area contributed by atoms with Crippen LogP contribution in [0.5, 0.6) is 0 Å². The number of carbonyl (C=O) groups is 2. The summed E-state index contributed by atoms with van der Waals surface area (Å²) in [6, 6.07) is 3.68. The van der Waals surface area contributed by atoms with Gasteiger partial charge in [0, 0.05) is 30.1 Å². The number of piperidine rings is 1. The maximum Gasteiger partial charge on any atom is 0.322 e. The van der Waals surface area contributed by atoms with Gasteiger partial charge >= 0.3 is 6.03 Å². The second-order valence-corrected chi connectivity index (χ2v) is 7.62. The molecule has 0 aliphatic carbocycles. The van der Waals surface area contributed by atoms with Gasteiger partial charge < -0.3 is 10.2 Å². The van der Waals surface area contributed by atoms with Crippen molar-refractivity contribution in [2.75, 3.05) is 23.7 Å². The van der Waals surface area contributed by atoms with Gasteiger partial charge in [-0.3, -0.25) is 10.1 Å². The standard InChI is InChI=1S/C15H18N4O2S2/c1-10-9-16-14(23-10)18-13(20)11-4-6-19(7-5-11)15(21)17-12-3-2-8-22-12/h2-3,8-9,11H,4-7H2,1H3,(H,17,21)(H,16,18,20). The van der Waals surface area contributed by atoms with E-state index in [1.165, 1.54) is 22.7 Å². The number of anilines is 2. The Balaban J connectivity index is 1.47. The lowest BCUT2D eigenvalue weighted by Gasteiger charge is -2.31. The number of thiophene rings is 1. The number of hydrogen-bond acceptors (Lipinski definition) is 5. The third kappa shape index (κ3) is 4.08. The topological polar surface area (TPSA) is 74.3 Å². The molecule has 0 aromatic carbocycles. The number of aromatic nitrogens is 1. The number of carbonyl (C=O) groups excluding carboxylic acids is 2. The van der Waals surface area contributed by atoms with E-state index in [1.54, 1.807) is 11.1 Å². The fourth-order valence-corrected chi connectivity index (χ4v) is 3.77. The predicted octanol–water partition coefficient (Wildman–Crippen LogP) is 3.40. The average Bonchev–Trinajstić information content (AvgIpc) is 3.19. The normalized spacial score (nSPS) is 15.4. The Kier molecular flexibility index (Phi) is 4.92. The van der Waals surface area contributed by atoms with E-state index in [2.05, 4.69) is 15.6 Å². The molecule has 0 unspecified atom stereocenters. The lowest BCUT2D eigenvalue weighted by atomic mass is 9.96. The Bertz CT molecular complexity index is 675. The third-order valence-electron chi connectivity index (χ3n) is 3.76. The molecule has 1 saturated heterocycles. The number of urea groups is 1. The van der Waals surface area contributed by atoms with Gasteiger partial charge in [0.15, 0.2) is 5.13 Å². The Morgan fingerprint density at radius 2 is 2.09 bits per heavy atom. The van der Waals surface area contributed by atoms with Crippen molar-refractivity contribution in [3.8, 4) is 0 Å². The molecule has 2 aromatic heterocycles. The van der Waals surface area contributed by atoms with E-state index in [4.69, 9.17) is 0 Å². The van der Waals surface area contributed by atoms with E-state index in [0.717, 1.165) is 9.88 Å². The van der Waals surface area contributed by atoms with E-state index < -0.39 is 0 Å². The summed E-state index contributed by atoms with van der Waals surface area (Å²) in [5, 5.41) is 9.15. The summed E-state index contributed by atoms with van der Waals surface area (Å²) in [4.78, 5) is 31.4. The molecule has 3 heterocycles. The number of nitrogens with one attached hydrogen (secondary N) is 2. The molecule has 8 heteroatoms. The van der Waals surface area contributed by atoms with E-state index in [9.17, 15) is 9.59 Å². The second-order valence-electron chi connectivity index (χ2n) is 5.43. The van der Waals surface area contributed by atoms with Crippen LogP contribution in [0.3, 0.4) is 0 Å². The Labute approximate surface area is 142 Å². The highest BCUT2D eigenvalue weighted by Gasteiger charge is 2.27.